The van der Waals surface area contributed by atoms with E-state index in [1.807, 2.05) is 0 Å². The van der Waals surface area contributed by atoms with Crippen molar-refractivity contribution >= 4 is 23.9 Å². The molecule has 0 rings (SSSR count). The zero-order chi connectivity index (χ0) is 25.7. The predicted octanol–water partition coefficient (Wildman–Crippen LogP) is 2.15. The van der Waals surface area contributed by atoms with Crippen LogP contribution in [0.1, 0.15) is 0 Å². The van der Waals surface area contributed by atoms with E-state index in [0.29, 0.717) is 0 Å². The van der Waals surface area contributed by atoms with Crippen molar-refractivity contribution < 1.29 is 90.8 Å². The van der Waals surface area contributed by atoms with Crippen LogP contribution in [-0.4, -0.2) is 74.0 Å². The first-order valence-corrected chi connectivity index (χ1v) is 7.10. The van der Waals surface area contributed by atoms with Crippen molar-refractivity contribution in [2.75, 3.05) is 13.2 Å². The minimum absolute atomic E-state index is 2.22. The molecule has 0 aromatic rings. The van der Waals surface area contributed by atoms with E-state index in [0.717, 1.165) is 0 Å². The number of alkyl halides is 12. The van der Waals surface area contributed by atoms with Gasteiger partial charge in [-0.3, -0.25) is 0 Å². The summed E-state index contributed by atoms with van der Waals surface area (Å²) in [6.07, 6.45) is -30.1. The molecule has 0 aromatic carbocycles. The molecule has 2 atom stereocenters. The number of hydrogen-bond donors (Lipinski definition) is 0. The molecule has 0 bridgehead atoms. The third-order valence-corrected chi connectivity index (χ3v) is 2.61. The summed E-state index contributed by atoms with van der Waals surface area (Å²) in [6.45, 7) is -4.45. The van der Waals surface area contributed by atoms with E-state index >= 15 is 0 Å². The summed E-state index contributed by atoms with van der Waals surface area (Å²) in [4.78, 5) is 42.9. The van der Waals surface area contributed by atoms with Gasteiger partial charge in [0.15, 0.2) is 12.2 Å². The van der Waals surface area contributed by atoms with Gasteiger partial charge in [0.05, 0.1) is 0 Å². The van der Waals surface area contributed by atoms with Gasteiger partial charge >= 0.3 is 48.6 Å². The number of esters is 4. The van der Waals surface area contributed by atoms with E-state index in [9.17, 15) is 71.9 Å². The minimum Gasteiger partial charge on any atom is -0.455 e. The molecule has 8 nitrogen and oxygen atoms in total. The second kappa shape index (κ2) is 10.1. The van der Waals surface area contributed by atoms with Gasteiger partial charge in [-0.15, -0.1) is 0 Å². The number of ether oxygens (including phenoxy) is 4. The largest absolute Gasteiger partial charge is 0.490 e. The van der Waals surface area contributed by atoms with E-state index < -0.39 is 74.0 Å². The van der Waals surface area contributed by atoms with Crippen LogP contribution in [0.5, 0.6) is 0 Å². The molecule has 0 N–H and O–H groups in total. The maximum absolute atomic E-state index is 12.3. The molecule has 0 heterocycles. The van der Waals surface area contributed by atoms with Gasteiger partial charge in [0, 0.05) is 0 Å². The van der Waals surface area contributed by atoms with Crippen LogP contribution in [0.2, 0.25) is 0 Å². The fourth-order valence-electron chi connectivity index (χ4n) is 1.32. The Morgan fingerprint density at radius 1 is 0.469 bits per heavy atom. The molecule has 0 saturated carbocycles. The Balaban J connectivity index is 5.91. The summed E-state index contributed by atoms with van der Waals surface area (Å²) < 4.78 is 160. The molecule has 0 aliphatic carbocycles. The van der Waals surface area contributed by atoms with Gasteiger partial charge in [-0.05, 0) is 0 Å². The topological polar surface area (TPSA) is 105 Å². The number of carbonyl (C=O) groups excluding carboxylic acids is 4. The molecule has 20 heteroatoms. The van der Waals surface area contributed by atoms with Gasteiger partial charge in [0.1, 0.15) is 13.2 Å². The first-order valence-electron chi connectivity index (χ1n) is 7.10. The Kier molecular flexibility index (Phi) is 9.17. The summed E-state index contributed by atoms with van der Waals surface area (Å²) in [5.74, 6) is -13.1. The van der Waals surface area contributed by atoms with Crippen molar-refractivity contribution in [1.29, 1.82) is 0 Å². The Labute approximate surface area is 166 Å². The molecule has 0 aliphatic heterocycles. The lowest BCUT2D eigenvalue weighted by molar-refractivity contribution is -0.233. The summed E-state index contributed by atoms with van der Waals surface area (Å²) in [7, 11) is 0. The summed E-state index contributed by atoms with van der Waals surface area (Å²) >= 11 is 0. The highest BCUT2D eigenvalue weighted by Crippen LogP contribution is 2.24. The number of halogens is 12. The Hall–Kier alpha value is -2.96. The highest BCUT2D eigenvalue weighted by Gasteiger charge is 2.49. The number of rotatable bonds is 7. The number of hydrogen-bond acceptors (Lipinski definition) is 8. The highest BCUT2D eigenvalue weighted by atomic mass is 19.4. The van der Waals surface area contributed by atoms with Crippen molar-refractivity contribution in [3.63, 3.8) is 0 Å². The van der Waals surface area contributed by atoms with Crippen molar-refractivity contribution in [3.8, 4) is 0 Å². The maximum Gasteiger partial charge on any atom is 0.490 e. The normalized spacial score (nSPS) is 14.8. The fourth-order valence-corrected chi connectivity index (χ4v) is 1.32. The van der Waals surface area contributed by atoms with Gasteiger partial charge in [-0.1, -0.05) is 0 Å². The van der Waals surface area contributed by atoms with Crippen molar-refractivity contribution in [2.24, 2.45) is 0 Å². The first-order chi connectivity index (χ1) is 14.1. The monoisotopic (exact) mass is 506 g/mol. The number of carbonyl (C=O) groups is 4. The zero-order valence-electron chi connectivity index (χ0n) is 14.4. The van der Waals surface area contributed by atoms with Crippen molar-refractivity contribution in [3.05, 3.63) is 0 Å². The predicted molar refractivity (Wildman–Crippen MR) is 65.9 cm³/mol. The molecule has 186 valence electrons. The minimum atomic E-state index is -5.98. The summed E-state index contributed by atoms with van der Waals surface area (Å²) in [5, 5.41) is 0. The molecule has 0 unspecified atom stereocenters. The van der Waals surface area contributed by atoms with Crippen LogP contribution in [0, 0.1) is 0 Å². The van der Waals surface area contributed by atoms with Crippen molar-refractivity contribution in [2.45, 2.75) is 36.9 Å². The van der Waals surface area contributed by atoms with E-state index in [1.54, 1.807) is 0 Å². The second-order valence-corrected chi connectivity index (χ2v) is 5.08. The van der Waals surface area contributed by atoms with Gasteiger partial charge in [0.25, 0.3) is 0 Å². The Bertz CT molecular complexity index is 645. The van der Waals surface area contributed by atoms with Gasteiger partial charge in [-0.25, -0.2) is 19.2 Å². The lowest BCUT2D eigenvalue weighted by atomic mass is 10.2. The molecular formula is C12H6F12O8. The van der Waals surface area contributed by atoms with Crippen LogP contribution in [0.3, 0.4) is 0 Å². The van der Waals surface area contributed by atoms with E-state index in [4.69, 9.17) is 0 Å². The Morgan fingerprint density at radius 2 is 0.688 bits per heavy atom. The molecule has 0 aromatic heterocycles. The molecular weight excluding hydrogens is 500 g/mol. The van der Waals surface area contributed by atoms with Crippen LogP contribution >= 0.6 is 0 Å². The SMILES string of the molecule is O=C(OC[C@H](OC(=O)C(F)(F)F)[C@@H](COC(=O)C(F)(F)F)OC(=O)C(F)(F)F)C(F)(F)F. The molecule has 0 saturated heterocycles. The van der Waals surface area contributed by atoms with Gasteiger partial charge in [-0.2, -0.15) is 52.7 Å². The van der Waals surface area contributed by atoms with Gasteiger partial charge in [0.2, 0.25) is 0 Å². The first kappa shape index (κ1) is 29.0. The standard InChI is InChI=1S/C12H6F12O8/c13-9(14,15)5(25)29-1-3(31-7(27)11(19,20)21)4(32-8(28)12(22,23)24)2-30-6(26)10(16,17)18/h3-4H,1-2H2/t3-,4+. The third-order valence-electron chi connectivity index (χ3n) is 2.61. The second-order valence-electron chi connectivity index (χ2n) is 5.08. The molecule has 32 heavy (non-hydrogen) atoms. The lowest BCUT2D eigenvalue weighted by Crippen LogP contribution is -2.47. The lowest BCUT2D eigenvalue weighted by Gasteiger charge is -2.27. The van der Waals surface area contributed by atoms with Gasteiger partial charge < -0.3 is 18.9 Å². The van der Waals surface area contributed by atoms with E-state index in [1.165, 1.54) is 0 Å². The fraction of sp³-hybridized carbons (Fsp3) is 0.667. The quantitative estimate of drug-likeness (QED) is 0.294. The smallest absolute Gasteiger partial charge is 0.455 e. The Morgan fingerprint density at radius 3 is 0.875 bits per heavy atom. The van der Waals surface area contributed by atoms with Crippen LogP contribution in [0.25, 0.3) is 0 Å². The maximum atomic E-state index is 12.3. The van der Waals surface area contributed by atoms with Crippen LogP contribution in [-0.2, 0) is 38.1 Å². The van der Waals surface area contributed by atoms with Crippen molar-refractivity contribution in [1.82, 2.24) is 0 Å². The molecule has 0 fully saturated rings. The zero-order valence-corrected chi connectivity index (χ0v) is 14.4. The highest BCUT2D eigenvalue weighted by molar-refractivity contribution is 5.78. The van der Waals surface area contributed by atoms with E-state index in [2.05, 4.69) is 18.9 Å². The third kappa shape index (κ3) is 9.90. The molecule has 0 radical (unpaired) electrons. The van der Waals surface area contributed by atoms with Crippen LogP contribution in [0.15, 0.2) is 0 Å². The van der Waals surface area contributed by atoms with E-state index in [-0.39, 0.29) is 0 Å². The summed E-state index contributed by atoms with van der Waals surface area (Å²) in [5.41, 5.74) is 0. The average molecular weight is 506 g/mol. The van der Waals surface area contributed by atoms with Crippen LogP contribution in [0.4, 0.5) is 52.7 Å². The van der Waals surface area contributed by atoms with Crippen LogP contribution < -0.4 is 0 Å². The summed E-state index contributed by atoms with van der Waals surface area (Å²) in [6, 6.07) is 0. The molecule has 0 aliphatic rings. The average Bonchev–Trinajstić information content (AvgIpc) is 2.57. The molecule has 0 amide bonds. The molecule has 0 spiro atoms.